The highest BCUT2D eigenvalue weighted by Gasteiger charge is 2.82. The van der Waals surface area contributed by atoms with Crippen LogP contribution in [0.3, 0.4) is 0 Å². The Hall–Kier alpha value is -4.77. The Bertz CT molecular complexity index is 2010. The number of allylic oxidation sites excluding steroid dienone is 2. The molecule has 1 aliphatic heterocycles. The smallest absolute Gasteiger partial charge is 0.239 e. The summed E-state index contributed by atoms with van der Waals surface area (Å²) in [5, 5.41) is 0.548. The van der Waals surface area contributed by atoms with Gasteiger partial charge in [-0.3, -0.25) is 14.4 Å². The minimum Gasteiger partial charge on any atom is -0.297 e. The number of anilines is 1. The fraction of sp³-hybridized carbons (Fsp3) is 0.146. The van der Waals surface area contributed by atoms with Crippen LogP contribution in [-0.4, -0.2) is 17.6 Å². The Morgan fingerprint density at radius 1 is 0.532 bits per heavy atom. The molecule has 0 unspecified atom stereocenters. The average Bonchev–Trinajstić information content (AvgIpc) is 3.60. The Balaban J connectivity index is 1.55. The summed E-state index contributed by atoms with van der Waals surface area (Å²) in [5.41, 5.74) is 4.13. The van der Waals surface area contributed by atoms with Crippen molar-refractivity contribution in [3.63, 3.8) is 0 Å². The number of hydrogen-bond donors (Lipinski definition) is 0. The number of carbonyl (C=O) groups is 3. The van der Waals surface area contributed by atoms with Crippen LogP contribution in [0.2, 0.25) is 10.0 Å². The largest absolute Gasteiger partial charge is 0.297 e. The van der Waals surface area contributed by atoms with Gasteiger partial charge in [-0.1, -0.05) is 144 Å². The topological polar surface area (TPSA) is 54.5 Å². The van der Waals surface area contributed by atoms with Gasteiger partial charge in [-0.05, 0) is 65.4 Å². The number of ketones is 1. The maximum Gasteiger partial charge on any atom is 0.239 e. The van der Waals surface area contributed by atoms with Crippen molar-refractivity contribution in [1.29, 1.82) is 0 Å². The second-order valence-electron chi connectivity index (χ2n) is 12.7. The van der Waals surface area contributed by atoms with E-state index in [4.69, 9.17) is 23.2 Å². The third-order valence-electron chi connectivity index (χ3n) is 10.3. The van der Waals surface area contributed by atoms with Gasteiger partial charge in [0.1, 0.15) is 0 Å². The quantitative estimate of drug-likeness (QED) is 0.178. The van der Waals surface area contributed by atoms with Crippen LogP contribution in [0.1, 0.15) is 33.4 Å². The summed E-state index contributed by atoms with van der Waals surface area (Å²) in [5.74, 6) is -3.03. The molecule has 5 aromatic rings. The molecule has 0 aromatic heterocycles. The van der Waals surface area contributed by atoms with Gasteiger partial charge in [-0.25, -0.2) is 4.90 Å². The Kier molecular flexibility index (Phi) is 6.70. The minimum absolute atomic E-state index is 0.154. The number of imide groups is 1. The molecule has 2 bridgehead atoms. The highest BCUT2D eigenvalue weighted by molar-refractivity contribution is 6.43. The van der Waals surface area contributed by atoms with Crippen molar-refractivity contribution >= 4 is 57.6 Å². The number of hydrogen-bond acceptors (Lipinski definition) is 3. The lowest BCUT2D eigenvalue weighted by molar-refractivity contribution is -0.130. The third-order valence-corrected chi connectivity index (χ3v) is 11.0. The van der Waals surface area contributed by atoms with Gasteiger partial charge in [-0.15, -0.1) is 0 Å². The van der Waals surface area contributed by atoms with Crippen LogP contribution >= 0.6 is 23.2 Å². The van der Waals surface area contributed by atoms with Crippen LogP contribution in [-0.2, 0) is 25.2 Å². The molecular weight excluding hydrogens is 625 g/mol. The number of halogens is 2. The van der Waals surface area contributed by atoms with Gasteiger partial charge in [0.25, 0.3) is 0 Å². The van der Waals surface area contributed by atoms with Gasteiger partial charge < -0.3 is 0 Å². The van der Waals surface area contributed by atoms with Crippen molar-refractivity contribution in [3.05, 3.63) is 171 Å². The van der Waals surface area contributed by atoms with E-state index in [0.29, 0.717) is 21.8 Å². The van der Waals surface area contributed by atoms with E-state index in [9.17, 15) is 0 Å². The summed E-state index contributed by atoms with van der Waals surface area (Å²) >= 11 is 12.7. The van der Waals surface area contributed by atoms with Crippen molar-refractivity contribution in [1.82, 2.24) is 0 Å². The summed E-state index contributed by atoms with van der Waals surface area (Å²) in [7, 11) is 0. The highest BCUT2D eigenvalue weighted by atomic mass is 35.5. The van der Waals surface area contributed by atoms with Gasteiger partial charge in [0.2, 0.25) is 11.8 Å². The first-order valence-electron chi connectivity index (χ1n) is 15.6. The molecule has 8 rings (SSSR count). The van der Waals surface area contributed by atoms with E-state index in [1.807, 2.05) is 123 Å². The maximum absolute atomic E-state index is 16.0. The van der Waals surface area contributed by atoms with Crippen LogP contribution in [0.25, 0.3) is 11.1 Å². The van der Waals surface area contributed by atoms with E-state index in [2.05, 4.69) is 0 Å². The van der Waals surface area contributed by atoms with E-state index in [1.54, 1.807) is 18.2 Å². The first-order chi connectivity index (χ1) is 22.7. The van der Waals surface area contributed by atoms with Crippen molar-refractivity contribution in [3.8, 4) is 0 Å². The molecule has 1 saturated carbocycles. The van der Waals surface area contributed by atoms with E-state index in [-0.39, 0.29) is 10.8 Å². The molecule has 0 N–H and O–H groups in total. The molecule has 4 nitrogen and oxygen atoms in total. The molecular formula is C41H29Cl2NO3. The summed E-state index contributed by atoms with van der Waals surface area (Å²) in [6.07, 6.45) is 0. The number of aryl methyl sites for hydroxylation is 2. The van der Waals surface area contributed by atoms with Crippen LogP contribution in [0.4, 0.5) is 5.69 Å². The van der Waals surface area contributed by atoms with Crippen molar-refractivity contribution in [2.75, 3.05) is 4.90 Å². The minimum atomic E-state index is -1.46. The number of amides is 2. The molecule has 2 amide bonds. The van der Waals surface area contributed by atoms with Gasteiger partial charge in [-0.2, -0.15) is 0 Å². The summed E-state index contributed by atoms with van der Waals surface area (Å²) in [6.45, 7) is 4.04. The summed E-state index contributed by atoms with van der Waals surface area (Å²) in [6, 6.07) is 40.0. The summed E-state index contributed by atoms with van der Waals surface area (Å²) < 4.78 is 0. The molecule has 230 valence electrons. The molecule has 2 fully saturated rings. The number of carbonyl (C=O) groups excluding carboxylic acids is 3. The van der Waals surface area contributed by atoms with Gasteiger partial charge >= 0.3 is 0 Å². The zero-order valence-corrected chi connectivity index (χ0v) is 27.2. The van der Waals surface area contributed by atoms with Gasteiger partial charge in [0.05, 0.1) is 38.4 Å². The zero-order valence-electron chi connectivity index (χ0n) is 25.7. The van der Waals surface area contributed by atoms with E-state index in [1.165, 1.54) is 4.90 Å². The van der Waals surface area contributed by atoms with Crippen molar-refractivity contribution < 1.29 is 14.4 Å². The molecule has 2 aliphatic carbocycles. The Morgan fingerprint density at radius 2 is 0.957 bits per heavy atom. The lowest BCUT2D eigenvalue weighted by Gasteiger charge is -2.39. The van der Waals surface area contributed by atoms with E-state index in [0.717, 1.165) is 33.4 Å². The lowest BCUT2D eigenvalue weighted by Crippen LogP contribution is -2.45. The normalized spacial score (nSPS) is 24.8. The number of fused-ring (bicyclic) bond motifs is 5. The molecule has 3 aliphatic rings. The first kappa shape index (κ1) is 29.6. The van der Waals surface area contributed by atoms with Crippen molar-refractivity contribution in [2.45, 2.75) is 24.7 Å². The maximum atomic E-state index is 16.0. The second-order valence-corrected chi connectivity index (χ2v) is 13.5. The number of Topliss-reactive ketones (excluding diaryl/α,β-unsaturated/α-hetero) is 1. The van der Waals surface area contributed by atoms with Gasteiger partial charge in [0.15, 0.2) is 5.78 Å². The third kappa shape index (κ3) is 3.86. The number of benzene rings is 5. The van der Waals surface area contributed by atoms with Crippen LogP contribution in [0, 0.1) is 25.7 Å². The molecule has 1 saturated heterocycles. The highest BCUT2D eigenvalue weighted by Crippen LogP contribution is 2.74. The van der Waals surface area contributed by atoms with Crippen molar-refractivity contribution in [2.24, 2.45) is 11.8 Å². The lowest BCUT2D eigenvalue weighted by atomic mass is 9.59. The van der Waals surface area contributed by atoms with Crippen LogP contribution < -0.4 is 4.90 Å². The molecule has 4 atom stereocenters. The number of rotatable bonds is 5. The monoisotopic (exact) mass is 653 g/mol. The molecule has 0 radical (unpaired) electrons. The molecule has 1 heterocycles. The summed E-state index contributed by atoms with van der Waals surface area (Å²) in [4.78, 5) is 47.3. The molecule has 0 spiro atoms. The first-order valence-corrected chi connectivity index (χ1v) is 16.4. The predicted molar refractivity (Wildman–Crippen MR) is 186 cm³/mol. The van der Waals surface area contributed by atoms with E-state index >= 15 is 14.4 Å². The predicted octanol–water partition coefficient (Wildman–Crippen LogP) is 8.80. The van der Waals surface area contributed by atoms with E-state index < -0.39 is 34.5 Å². The second kappa shape index (κ2) is 10.6. The Labute approximate surface area is 283 Å². The fourth-order valence-electron chi connectivity index (χ4n) is 8.44. The van der Waals surface area contributed by atoms with Crippen LogP contribution in [0.15, 0.2) is 127 Å². The molecule has 6 heteroatoms. The zero-order chi connectivity index (χ0) is 32.7. The Morgan fingerprint density at radius 3 is 1.36 bits per heavy atom. The molecule has 47 heavy (non-hydrogen) atoms. The standard InChI is InChI=1S/C41H29Cl2NO3/c1-24-13-17-26(18-14-24)33-34(27-19-15-25(2)16-20-27)41(29-11-7-4-8-12-29)36-35(40(33,39(41)47)28-9-5-3-6-10-28)37(45)44(38(36)46)30-21-22-31(42)32(43)23-30/h3-23,35-36H,1-2H3/t35-,36+,40-,41-/m1/s1. The number of nitrogens with zero attached hydrogens (tertiary/aromatic N) is 1. The SMILES string of the molecule is Cc1ccc(C2=C(c3ccc(C)cc3)[C@@]3(c4ccccc4)C(=O)[C@@]2(c2ccccc2)[C@@H]2C(=O)N(c4ccc(Cl)c(Cl)c4)C(=O)[C@@H]23)cc1. The van der Waals surface area contributed by atoms with Crippen LogP contribution in [0.5, 0.6) is 0 Å². The average molecular weight is 655 g/mol. The van der Waals surface area contributed by atoms with Gasteiger partial charge in [0, 0.05) is 0 Å². The molecule has 5 aromatic carbocycles. The fourth-order valence-corrected chi connectivity index (χ4v) is 8.74.